The summed E-state index contributed by atoms with van der Waals surface area (Å²) in [5.41, 5.74) is 1.18. The Kier molecular flexibility index (Phi) is 10.4. The topological polar surface area (TPSA) is 62.2 Å². The number of hydrogen-bond acceptors (Lipinski definition) is 5. The van der Waals surface area contributed by atoms with Crippen LogP contribution in [0.25, 0.3) is 0 Å². The summed E-state index contributed by atoms with van der Waals surface area (Å²) < 4.78 is 11.2. The summed E-state index contributed by atoms with van der Waals surface area (Å²) in [7, 11) is 0. The largest absolute Gasteiger partial charge is 0.381 e. The zero-order chi connectivity index (χ0) is 19.8. The van der Waals surface area contributed by atoms with Crippen LogP contribution in [0.15, 0.2) is 23.3 Å². The molecule has 1 N–H and O–H groups in total. The number of likely N-dealkylation sites (tertiary alicyclic amines) is 1. The van der Waals surface area contributed by atoms with Crippen molar-refractivity contribution in [3.8, 4) is 0 Å². The molecule has 0 saturated carbocycles. The van der Waals surface area contributed by atoms with Gasteiger partial charge in [0.1, 0.15) is 5.82 Å². The number of guanidine groups is 1. The van der Waals surface area contributed by atoms with Crippen LogP contribution in [-0.4, -0.2) is 74.5 Å². The van der Waals surface area contributed by atoms with E-state index in [2.05, 4.69) is 53.0 Å². The lowest BCUT2D eigenvalue weighted by atomic mass is 10.1. The van der Waals surface area contributed by atoms with E-state index < -0.39 is 0 Å². The number of halogens is 1. The van der Waals surface area contributed by atoms with E-state index in [1.807, 2.05) is 6.20 Å². The zero-order valence-electron chi connectivity index (χ0n) is 18.0. The van der Waals surface area contributed by atoms with Gasteiger partial charge in [0, 0.05) is 51.4 Å². The molecule has 0 aromatic carbocycles. The van der Waals surface area contributed by atoms with Crippen LogP contribution in [0.4, 0.5) is 5.82 Å². The summed E-state index contributed by atoms with van der Waals surface area (Å²) in [5.74, 6) is 2.62. The molecule has 0 spiro atoms. The highest BCUT2D eigenvalue weighted by molar-refractivity contribution is 14.0. The van der Waals surface area contributed by atoms with Gasteiger partial charge in [-0.1, -0.05) is 0 Å². The summed E-state index contributed by atoms with van der Waals surface area (Å²) in [5, 5.41) is 3.45. The van der Waals surface area contributed by atoms with Gasteiger partial charge < -0.3 is 24.6 Å². The third-order valence-electron chi connectivity index (χ3n) is 5.26. The van der Waals surface area contributed by atoms with Crippen molar-refractivity contribution in [2.24, 2.45) is 10.9 Å². The van der Waals surface area contributed by atoms with Crippen molar-refractivity contribution < 1.29 is 9.47 Å². The number of pyridine rings is 1. The summed E-state index contributed by atoms with van der Waals surface area (Å²) in [6, 6.07) is 4.22. The molecule has 0 aliphatic carbocycles. The zero-order valence-corrected chi connectivity index (χ0v) is 20.3. The first-order valence-corrected chi connectivity index (χ1v) is 10.6. The highest BCUT2D eigenvalue weighted by Gasteiger charge is 2.25. The second kappa shape index (κ2) is 12.5. The Hall–Kier alpha value is -1.13. The third kappa shape index (κ3) is 7.25. The van der Waals surface area contributed by atoms with E-state index in [4.69, 9.17) is 14.5 Å². The smallest absolute Gasteiger partial charge is 0.194 e. The first-order chi connectivity index (χ1) is 13.7. The van der Waals surface area contributed by atoms with Crippen LogP contribution in [0.5, 0.6) is 0 Å². The van der Waals surface area contributed by atoms with Crippen molar-refractivity contribution in [3.63, 3.8) is 0 Å². The minimum Gasteiger partial charge on any atom is -0.381 e. The highest BCUT2D eigenvalue weighted by Crippen LogP contribution is 2.19. The number of aliphatic imine (C=N–C) groups is 1. The lowest BCUT2D eigenvalue weighted by Gasteiger charge is -2.32. The van der Waals surface area contributed by atoms with Crippen LogP contribution < -0.4 is 10.2 Å². The first kappa shape index (κ1) is 24.1. The van der Waals surface area contributed by atoms with Crippen molar-refractivity contribution in [1.82, 2.24) is 15.2 Å². The second-order valence-corrected chi connectivity index (χ2v) is 7.58. The van der Waals surface area contributed by atoms with E-state index in [0.29, 0.717) is 12.5 Å². The Balaban J connectivity index is 0.00000300. The van der Waals surface area contributed by atoms with Crippen LogP contribution in [0.2, 0.25) is 0 Å². The van der Waals surface area contributed by atoms with Crippen LogP contribution in [-0.2, 0) is 16.0 Å². The van der Waals surface area contributed by atoms with Crippen molar-refractivity contribution >= 4 is 35.8 Å². The van der Waals surface area contributed by atoms with Gasteiger partial charge in [-0.25, -0.2) is 9.98 Å². The maximum absolute atomic E-state index is 5.64. The third-order valence-corrected chi connectivity index (χ3v) is 5.26. The van der Waals surface area contributed by atoms with Gasteiger partial charge >= 0.3 is 0 Å². The number of aromatic nitrogens is 1. The Morgan fingerprint density at radius 2 is 2.21 bits per heavy atom. The molecule has 2 fully saturated rings. The van der Waals surface area contributed by atoms with Gasteiger partial charge in [-0.3, -0.25) is 0 Å². The summed E-state index contributed by atoms with van der Waals surface area (Å²) >= 11 is 0. The summed E-state index contributed by atoms with van der Waals surface area (Å²) in [4.78, 5) is 14.1. The Morgan fingerprint density at radius 1 is 1.34 bits per heavy atom. The van der Waals surface area contributed by atoms with Gasteiger partial charge in [-0.2, -0.15) is 0 Å². The number of anilines is 1. The van der Waals surface area contributed by atoms with Crippen molar-refractivity contribution in [3.05, 3.63) is 23.9 Å². The van der Waals surface area contributed by atoms with Gasteiger partial charge in [0.25, 0.3) is 0 Å². The van der Waals surface area contributed by atoms with Crippen LogP contribution in [0.1, 0.15) is 32.8 Å². The molecule has 2 aliphatic rings. The molecule has 3 heterocycles. The monoisotopic (exact) mass is 517 g/mol. The molecular weight excluding hydrogens is 481 g/mol. The van der Waals surface area contributed by atoms with E-state index in [1.165, 1.54) is 12.0 Å². The maximum atomic E-state index is 5.64. The van der Waals surface area contributed by atoms with Crippen LogP contribution in [0, 0.1) is 5.92 Å². The van der Waals surface area contributed by atoms with Gasteiger partial charge in [-0.15, -0.1) is 24.0 Å². The predicted molar refractivity (Wildman–Crippen MR) is 128 cm³/mol. The van der Waals surface area contributed by atoms with E-state index in [1.54, 1.807) is 0 Å². The van der Waals surface area contributed by atoms with Crippen molar-refractivity contribution in [2.75, 3.05) is 57.4 Å². The molecule has 164 valence electrons. The molecule has 2 unspecified atom stereocenters. The number of nitrogens with one attached hydrogen (secondary N) is 1. The van der Waals surface area contributed by atoms with Gasteiger partial charge in [-0.05, 0) is 44.9 Å². The standard InChI is InChI=1S/C21H35N5O2.HI/c1-4-22-21(26-9-7-19(15-26)16-27-5-2)24-13-18-6-8-23-20(12-18)25-10-11-28-17(3)14-25;/h6,8,12,17,19H,4-5,7,9-11,13-16H2,1-3H3,(H,22,24);1H. The first-order valence-electron chi connectivity index (χ1n) is 10.6. The number of ether oxygens (including phenoxy) is 2. The molecule has 0 bridgehead atoms. The molecule has 2 atom stereocenters. The summed E-state index contributed by atoms with van der Waals surface area (Å²) in [6.07, 6.45) is 3.30. The average Bonchev–Trinajstić information content (AvgIpc) is 3.18. The Labute approximate surface area is 192 Å². The number of nitrogens with zero attached hydrogens (tertiary/aromatic N) is 4. The fourth-order valence-electron chi connectivity index (χ4n) is 3.80. The average molecular weight is 517 g/mol. The molecule has 1 aromatic heterocycles. The van der Waals surface area contributed by atoms with Gasteiger partial charge in [0.2, 0.25) is 0 Å². The lowest BCUT2D eigenvalue weighted by Crippen LogP contribution is -2.41. The fourth-order valence-corrected chi connectivity index (χ4v) is 3.80. The molecule has 3 rings (SSSR count). The minimum absolute atomic E-state index is 0. The lowest BCUT2D eigenvalue weighted by molar-refractivity contribution is 0.0529. The molecule has 2 aliphatic heterocycles. The Bertz CT molecular complexity index is 645. The van der Waals surface area contributed by atoms with E-state index in [9.17, 15) is 0 Å². The van der Waals surface area contributed by atoms with E-state index in [-0.39, 0.29) is 30.1 Å². The van der Waals surface area contributed by atoms with Gasteiger partial charge in [0.05, 0.1) is 25.9 Å². The number of hydrogen-bond donors (Lipinski definition) is 1. The predicted octanol–water partition coefficient (Wildman–Crippen LogP) is 2.75. The van der Waals surface area contributed by atoms with Crippen molar-refractivity contribution in [2.45, 2.75) is 39.8 Å². The number of morpholine rings is 1. The van der Waals surface area contributed by atoms with Crippen molar-refractivity contribution in [1.29, 1.82) is 0 Å². The fraction of sp³-hybridized carbons (Fsp3) is 0.714. The normalized spacial score (nSPS) is 22.5. The van der Waals surface area contributed by atoms with E-state index in [0.717, 1.165) is 64.3 Å². The minimum atomic E-state index is 0. The van der Waals surface area contributed by atoms with Gasteiger partial charge in [0.15, 0.2) is 5.96 Å². The molecular formula is C21H36IN5O2. The molecule has 0 radical (unpaired) electrons. The van der Waals surface area contributed by atoms with Crippen LogP contribution >= 0.6 is 24.0 Å². The van der Waals surface area contributed by atoms with Crippen LogP contribution in [0.3, 0.4) is 0 Å². The molecule has 7 nitrogen and oxygen atoms in total. The molecule has 0 amide bonds. The summed E-state index contributed by atoms with van der Waals surface area (Å²) in [6.45, 7) is 14.0. The molecule has 2 saturated heterocycles. The highest BCUT2D eigenvalue weighted by atomic mass is 127. The molecule has 1 aromatic rings. The Morgan fingerprint density at radius 3 is 2.97 bits per heavy atom. The number of rotatable bonds is 7. The molecule has 29 heavy (non-hydrogen) atoms. The van der Waals surface area contributed by atoms with E-state index >= 15 is 0 Å². The SMILES string of the molecule is CCNC(=NCc1ccnc(N2CCOC(C)C2)c1)N1CCC(COCC)C1.I. The quantitative estimate of drug-likeness (QED) is 0.341. The molecule has 8 heteroatoms. The maximum Gasteiger partial charge on any atom is 0.194 e. The second-order valence-electron chi connectivity index (χ2n) is 7.58.